The van der Waals surface area contributed by atoms with Crippen molar-refractivity contribution < 1.29 is 23.9 Å². The third-order valence-corrected chi connectivity index (χ3v) is 8.24. The molecule has 3 aromatic rings. The molecule has 10 nitrogen and oxygen atoms in total. The number of aromatic nitrogens is 1. The molecule has 43 heavy (non-hydrogen) atoms. The molecule has 3 heterocycles. The Balaban J connectivity index is 1.49. The molecule has 0 saturated carbocycles. The maximum atomic E-state index is 14.3. The van der Waals surface area contributed by atoms with E-state index in [1.54, 1.807) is 42.5 Å². The Morgan fingerprint density at radius 2 is 1.93 bits per heavy atom. The van der Waals surface area contributed by atoms with Gasteiger partial charge in [0.15, 0.2) is 6.23 Å². The number of hydrogen-bond acceptors (Lipinski definition) is 6. The van der Waals surface area contributed by atoms with Crippen LogP contribution in [0.15, 0.2) is 54.9 Å². The van der Waals surface area contributed by atoms with Crippen molar-refractivity contribution in [1.82, 2.24) is 25.4 Å². The van der Waals surface area contributed by atoms with E-state index in [4.69, 9.17) is 9.47 Å². The Bertz CT molecular complexity index is 1510. The predicted octanol–water partition coefficient (Wildman–Crippen LogP) is 3.53. The number of H-pyrrole nitrogens is 1. The number of aromatic amines is 1. The average Bonchev–Trinajstić information content (AvgIpc) is 3.58. The van der Waals surface area contributed by atoms with E-state index in [2.05, 4.69) is 15.6 Å². The number of ether oxygens (including phenoxy) is 2. The Hall–Kier alpha value is -4.31. The van der Waals surface area contributed by atoms with Crippen LogP contribution in [0, 0.1) is 11.8 Å². The lowest BCUT2D eigenvalue weighted by Crippen LogP contribution is -2.54. The standard InChI is InChI=1S/C33H41N5O5/c1-20(2)16-27-31(40)34-14-12-21-17-23(10-11-29(21)42-5)43-33-25(30(39)36-27)13-15-38(33)32(41)28(37(3)4)18-22-19-35-26-9-7-6-8-24(22)26/h6-12,14,17,19-20,25,27-28,33,35H,13,15-16,18H2,1-5H3,(H,34,40)(H,36,39)/b14-12-. The van der Waals surface area contributed by atoms with Gasteiger partial charge in [-0.2, -0.15) is 0 Å². The molecule has 2 aliphatic rings. The highest BCUT2D eigenvalue weighted by Gasteiger charge is 2.45. The summed E-state index contributed by atoms with van der Waals surface area (Å²) in [4.78, 5) is 48.1. The van der Waals surface area contributed by atoms with Crippen molar-refractivity contribution in [3.63, 3.8) is 0 Å². The number of carbonyl (C=O) groups excluding carboxylic acids is 3. The Kier molecular flexibility index (Phi) is 9.05. The summed E-state index contributed by atoms with van der Waals surface area (Å²) in [5.74, 6) is -0.136. The van der Waals surface area contributed by atoms with Gasteiger partial charge in [0.05, 0.1) is 19.1 Å². The third-order valence-electron chi connectivity index (χ3n) is 8.24. The van der Waals surface area contributed by atoms with Crippen molar-refractivity contribution in [2.45, 2.75) is 51.4 Å². The fourth-order valence-electron chi connectivity index (χ4n) is 5.95. The minimum absolute atomic E-state index is 0.120. The summed E-state index contributed by atoms with van der Waals surface area (Å²) in [6.07, 6.45) is 5.74. The van der Waals surface area contributed by atoms with Crippen LogP contribution in [0.5, 0.6) is 11.5 Å². The monoisotopic (exact) mass is 587 g/mol. The summed E-state index contributed by atoms with van der Waals surface area (Å²) in [6, 6.07) is 12.1. The smallest absolute Gasteiger partial charge is 0.246 e. The zero-order chi connectivity index (χ0) is 30.7. The van der Waals surface area contributed by atoms with E-state index in [0.29, 0.717) is 42.9 Å². The minimum Gasteiger partial charge on any atom is -0.496 e. The second-order valence-corrected chi connectivity index (χ2v) is 11.9. The van der Waals surface area contributed by atoms with Gasteiger partial charge in [0, 0.05) is 35.4 Å². The Morgan fingerprint density at radius 3 is 2.67 bits per heavy atom. The number of amides is 3. The van der Waals surface area contributed by atoms with Crippen LogP contribution >= 0.6 is 0 Å². The van der Waals surface area contributed by atoms with Gasteiger partial charge >= 0.3 is 0 Å². The summed E-state index contributed by atoms with van der Waals surface area (Å²) in [5.41, 5.74) is 2.75. The van der Waals surface area contributed by atoms with Crippen LogP contribution in [0.1, 0.15) is 37.8 Å². The molecule has 3 N–H and O–H groups in total. The van der Waals surface area contributed by atoms with Crippen LogP contribution in [-0.4, -0.2) is 78.6 Å². The Morgan fingerprint density at radius 1 is 1.14 bits per heavy atom. The quantitative estimate of drug-likeness (QED) is 0.390. The molecule has 5 rings (SSSR count). The van der Waals surface area contributed by atoms with Gasteiger partial charge in [-0.1, -0.05) is 32.0 Å². The number of methoxy groups -OCH3 is 1. The van der Waals surface area contributed by atoms with E-state index < -0.39 is 24.2 Å². The van der Waals surface area contributed by atoms with Crippen LogP contribution in [-0.2, 0) is 20.8 Å². The molecule has 0 spiro atoms. The fourth-order valence-corrected chi connectivity index (χ4v) is 5.95. The van der Waals surface area contributed by atoms with E-state index in [1.807, 2.05) is 63.3 Å². The molecule has 2 aliphatic heterocycles. The van der Waals surface area contributed by atoms with Gasteiger partial charge in [0.2, 0.25) is 17.7 Å². The number of benzene rings is 2. The van der Waals surface area contributed by atoms with E-state index in [9.17, 15) is 14.4 Å². The second-order valence-electron chi connectivity index (χ2n) is 11.9. The summed E-state index contributed by atoms with van der Waals surface area (Å²) >= 11 is 0. The first-order valence-corrected chi connectivity index (χ1v) is 14.8. The van der Waals surface area contributed by atoms with E-state index in [0.717, 1.165) is 16.5 Å². The maximum absolute atomic E-state index is 14.3. The van der Waals surface area contributed by atoms with Crippen LogP contribution < -0.4 is 20.1 Å². The molecule has 1 saturated heterocycles. The molecular formula is C33H41N5O5. The second kappa shape index (κ2) is 12.9. The fraction of sp³-hybridized carbons (Fsp3) is 0.424. The summed E-state index contributed by atoms with van der Waals surface area (Å²) in [7, 11) is 5.35. The molecule has 2 aromatic carbocycles. The van der Waals surface area contributed by atoms with Crippen molar-refractivity contribution in [2.75, 3.05) is 27.7 Å². The summed E-state index contributed by atoms with van der Waals surface area (Å²) in [6.45, 7) is 4.36. The largest absolute Gasteiger partial charge is 0.496 e. The van der Waals surface area contributed by atoms with Crippen LogP contribution in [0.2, 0.25) is 0 Å². The lowest BCUT2D eigenvalue weighted by atomic mass is 10.0. The van der Waals surface area contributed by atoms with Gasteiger partial charge in [-0.05, 0) is 75.2 Å². The number of rotatable bonds is 7. The number of para-hydroxylation sites is 1. The number of nitrogens with zero attached hydrogens (tertiary/aromatic N) is 2. The average molecular weight is 588 g/mol. The highest BCUT2D eigenvalue weighted by Crippen LogP contribution is 2.33. The number of likely N-dealkylation sites (tertiary alicyclic amines) is 1. The predicted molar refractivity (Wildman–Crippen MR) is 165 cm³/mol. The lowest BCUT2D eigenvalue weighted by Gasteiger charge is -2.33. The zero-order valence-corrected chi connectivity index (χ0v) is 25.4. The van der Waals surface area contributed by atoms with Gasteiger partial charge in [-0.3, -0.25) is 19.3 Å². The zero-order valence-electron chi connectivity index (χ0n) is 25.4. The van der Waals surface area contributed by atoms with Crippen molar-refractivity contribution >= 4 is 34.7 Å². The van der Waals surface area contributed by atoms with Crippen molar-refractivity contribution in [3.05, 3.63) is 66.0 Å². The van der Waals surface area contributed by atoms with Gasteiger partial charge in [-0.15, -0.1) is 0 Å². The van der Waals surface area contributed by atoms with E-state index in [-0.39, 0.29) is 23.6 Å². The van der Waals surface area contributed by atoms with Crippen LogP contribution in [0.25, 0.3) is 17.0 Å². The van der Waals surface area contributed by atoms with E-state index >= 15 is 0 Å². The highest BCUT2D eigenvalue weighted by molar-refractivity contribution is 5.91. The number of hydrogen-bond donors (Lipinski definition) is 3. The number of nitrogens with one attached hydrogen (secondary N) is 3. The molecule has 0 radical (unpaired) electrons. The minimum atomic E-state index is -0.855. The van der Waals surface area contributed by atoms with Gasteiger partial charge in [-0.25, -0.2) is 0 Å². The molecule has 2 bridgehead atoms. The van der Waals surface area contributed by atoms with Crippen molar-refractivity contribution in [3.8, 4) is 11.5 Å². The molecule has 10 heteroatoms. The first-order chi connectivity index (χ1) is 20.7. The molecule has 228 valence electrons. The maximum Gasteiger partial charge on any atom is 0.246 e. The molecule has 4 unspecified atom stereocenters. The number of fused-ring (bicyclic) bond motifs is 4. The first kappa shape index (κ1) is 30.2. The number of likely N-dealkylation sites (N-methyl/N-ethyl adjacent to an activating group) is 1. The summed E-state index contributed by atoms with van der Waals surface area (Å²) < 4.78 is 12.0. The lowest BCUT2D eigenvalue weighted by molar-refractivity contribution is -0.145. The van der Waals surface area contributed by atoms with Gasteiger partial charge < -0.3 is 30.0 Å². The molecule has 0 aliphatic carbocycles. The normalized spacial score (nSPS) is 22.1. The molecule has 3 amide bonds. The molecule has 1 aromatic heterocycles. The van der Waals surface area contributed by atoms with E-state index in [1.165, 1.54) is 0 Å². The van der Waals surface area contributed by atoms with Gasteiger partial charge in [0.25, 0.3) is 0 Å². The topological polar surface area (TPSA) is 116 Å². The molecule has 1 fully saturated rings. The Labute approximate surface area is 252 Å². The molecular weight excluding hydrogens is 546 g/mol. The van der Waals surface area contributed by atoms with Gasteiger partial charge in [0.1, 0.15) is 17.5 Å². The highest BCUT2D eigenvalue weighted by atomic mass is 16.5. The third kappa shape index (κ3) is 6.54. The first-order valence-electron chi connectivity index (χ1n) is 14.8. The van der Waals surface area contributed by atoms with Crippen LogP contribution in [0.3, 0.4) is 0 Å². The number of carbonyl (C=O) groups is 3. The SMILES string of the molecule is COc1ccc2cc1/C=C\NC(=O)C(CC(C)C)NC(=O)C1CCN(C(=O)C(Cc3c[nH]c4ccccc34)N(C)C)C1O2. The summed E-state index contributed by atoms with van der Waals surface area (Å²) in [5, 5.41) is 6.84. The molecule has 4 atom stereocenters. The van der Waals surface area contributed by atoms with Crippen molar-refractivity contribution in [1.29, 1.82) is 0 Å². The van der Waals surface area contributed by atoms with Crippen LogP contribution in [0.4, 0.5) is 0 Å². The van der Waals surface area contributed by atoms with Crippen molar-refractivity contribution in [2.24, 2.45) is 11.8 Å².